The maximum Gasteiger partial charge on any atom is 0.160 e. The number of hydrogen-bond donors (Lipinski definition) is 0. The summed E-state index contributed by atoms with van der Waals surface area (Å²) in [4.78, 5) is 3.39. The molecule has 0 N–H and O–H groups in total. The van der Waals surface area contributed by atoms with Crippen molar-refractivity contribution in [2.24, 2.45) is 0 Å². The third-order valence-corrected chi connectivity index (χ3v) is 5.30. The first-order valence-corrected chi connectivity index (χ1v) is 9.18. The zero-order valence-corrected chi connectivity index (χ0v) is 16.3. The van der Waals surface area contributed by atoms with E-state index in [4.69, 9.17) is 26.4 Å². The fourth-order valence-corrected chi connectivity index (χ4v) is 3.80. The summed E-state index contributed by atoms with van der Waals surface area (Å²) in [6.45, 7) is 0.813. The fourth-order valence-electron chi connectivity index (χ4n) is 3.47. The predicted octanol–water partition coefficient (Wildman–Crippen LogP) is 4.25. The van der Waals surface area contributed by atoms with Crippen molar-refractivity contribution in [3.05, 3.63) is 53.6 Å². The highest BCUT2D eigenvalue weighted by atomic mass is 32.1. The lowest BCUT2D eigenvalue weighted by molar-refractivity contribution is 0.328. The lowest BCUT2D eigenvalue weighted by atomic mass is 10.0. The lowest BCUT2D eigenvalue weighted by Crippen LogP contribution is -2.33. The Bertz CT molecular complexity index is 778. The Morgan fingerprint density at radius 3 is 2.50 bits per heavy atom. The van der Waals surface area contributed by atoms with E-state index in [-0.39, 0.29) is 0 Å². The molecule has 0 bridgehead atoms. The molecule has 0 amide bonds. The first-order valence-electron chi connectivity index (χ1n) is 8.78. The normalized spacial score (nSPS) is 16.7. The molecule has 0 aromatic heterocycles. The van der Waals surface area contributed by atoms with Crippen LogP contribution in [-0.2, 0) is 13.0 Å². The summed E-state index contributed by atoms with van der Waals surface area (Å²) in [5, 5.41) is 0. The van der Waals surface area contributed by atoms with Gasteiger partial charge in [0.05, 0.1) is 26.3 Å². The molecule has 2 aromatic rings. The van der Waals surface area contributed by atoms with E-state index in [2.05, 4.69) is 29.2 Å². The highest BCUT2D eigenvalue weighted by Crippen LogP contribution is 2.31. The van der Waals surface area contributed by atoms with Gasteiger partial charge in [-0.1, -0.05) is 30.4 Å². The summed E-state index contributed by atoms with van der Waals surface area (Å²) < 4.78 is 16.1. The fraction of sp³-hybridized carbons (Fsp3) is 0.381. The van der Waals surface area contributed by atoms with E-state index >= 15 is 0 Å². The molecule has 138 valence electrons. The average molecular weight is 372 g/mol. The van der Waals surface area contributed by atoms with Crippen LogP contribution in [0.1, 0.15) is 24.0 Å². The van der Waals surface area contributed by atoms with Crippen molar-refractivity contribution in [1.82, 2.24) is 4.90 Å². The van der Waals surface area contributed by atoms with Crippen molar-refractivity contribution in [3.63, 3.8) is 0 Å². The molecule has 1 aliphatic heterocycles. The minimum Gasteiger partial charge on any atom is -0.497 e. The van der Waals surface area contributed by atoms with Crippen LogP contribution in [-0.4, -0.2) is 37.3 Å². The van der Waals surface area contributed by atoms with Gasteiger partial charge in [-0.15, -0.1) is 0 Å². The Kier molecular flexibility index (Phi) is 5.99. The first-order chi connectivity index (χ1) is 12.6. The molecule has 0 radical (unpaired) electrons. The second-order valence-corrected chi connectivity index (χ2v) is 6.93. The van der Waals surface area contributed by atoms with E-state index in [1.165, 1.54) is 11.1 Å². The number of likely N-dealkylation sites (tertiary alicyclic amines) is 1. The van der Waals surface area contributed by atoms with Gasteiger partial charge >= 0.3 is 0 Å². The standard InChI is InChI=1S/C21H25NO3S/c1-23-18-6-4-5-16(12-18)14-22-17(8-10-21(22)26)11-15-7-9-19(24-2)20(13-15)25-3/h4-7,9,12-13,17H,8,10-11,14H2,1-3H3. The zero-order valence-electron chi connectivity index (χ0n) is 15.5. The van der Waals surface area contributed by atoms with Crippen LogP contribution in [0.4, 0.5) is 0 Å². The van der Waals surface area contributed by atoms with E-state index in [0.29, 0.717) is 6.04 Å². The van der Waals surface area contributed by atoms with Gasteiger partial charge in [0.15, 0.2) is 11.5 Å². The monoisotopic (exact) mass is 371 g/mol. The Balaban J connectivity index is 1.75. The number of methoxy groups -OCH3 is 3. The minimum absolute atomic E-state index is 0.395. The molecule has 0 aliphatic carbocycles. The number of hydrogen-bond acceptors (Lipinski definition) is 4. The second kappa shape index (κ2) is 8.41. The van der Waals surface area contributed by atoms with Crippen LogP contribution in [0.3, 0.4) is 0 Å². The van der Waals surface area contributed by atoms with E-state index in [1.54, 1.807) is 21.3 Å². The minimum atomic E-state index is 0.395. The summed E-state index contributed by atoms with van der Waals surface area (Å²) in [7, 11) is 5.02. The Morgan fingerprint density at radius 1 is 0.962 bits per heavy atom. The van der Waals surface area contributed by atoms with Gasteiger partial charge in [-0.05, 0) is 54.7 Å². The highest BCUT2D eigenvalue weighted by Gasteiger charge is 2.28. The third-order valence-electron chi connectivity index (χ3n) is 4.86. The van der Waals surface area contributed by atoms with Crippen LogP contribution < -0.4 is 14.2 Å². The summed E-state index contributed by atoms with van der Waals surface area (Å²) in [6, 6.07) is 14.7. The molecular weight excluding hydrogens is 346 g/mol. The van der Waals surface area contributed by atoms with Gasteiger partial charge in [0.2, 0.25) is 0 Å². The van der Waals surface area contributed by atoms with Gasteiger partial charge in [-0.3, -0.25) is 0 Å². The third kappa shape index (κ3) is 4.10. The van der Waals surface area contributed by atoms with Crippen molar-refractivity contribution in [3.8, 4) is 17.2 Å². The predicted molar refractivity (Wildman–Crippen MR) is 107 cm³/mol. The molecule has 3 rings (SSSR count). The van der Waals surface area contributed by atoms with Gasteiger partial charge in [0, 0.05) is 12.6 Å². The molecule has 0 spiro atoms. The van der Waals surface area contributed by atoms with E-state index in [0.717, 1.165) is 48.0 Å². The number of rotatable bonds is 7. The van der Waals surface area contributed by atoms with Crippen molar-refractivity contribution in [2.75, 3.05) is 21.3 Å². The largest absolute Gasteiger partial charge is 0.497 e. The molecular formula is C21H25NO3S. The summed E-state index contributed by atoms with van der Waals surface area (Å²) in [6.07, 6.45) is 2.98. The van der Waals surface area contributed by atoms with E-state index in [9.17, 15) is 0 Å². The maximum atomic E-state index is 5.63. The highest BCUT2D eigenvalue weighted by molar-refractivity contribution is 7.80. The van der Waals surface area contributed by atoms with Crippen LogP contribution in [0.2, 0.25) is 0 Å². The molecule has 1 atom stereocenters. The summed E-state index contributed by atoms with van der Waals surface area (Å²) in [5.41, 5.74) is 2.44. The van der Waals surface area contributed by atoms with Gasteiger partial charge in [0.25, 0.3) is 0 Å². The molecule has 26 heavy (non-hydrogen) atoms. The van der Waals surface area contributed by atoms with Crippen LogP contribution in [0, 0.1) is 0 Å². The Morgan fingerprint density at radius 2 is 1.77 bits per heavy atom. The van der Waals surface area contributed by atoms with Crippen LogP contribution in [0.15, 0.2) is 42.5 Å². The molecule has 1 fully saturated rings. The smallest absolute Gasteiger partial charge is 0.160 e. The first kappa shape index (κ1) is 18.5. The van der Waals surface area contributed by atoms with Gasteiger partial charge in [0.1, 0.15) is 5.75 Å². The number of ether oxygens (including phenoxy) is 3. The quantitative estimate of drug-likeness (QED) is 0.679. The van der Waals surface area contributed by atoms with E-state index in [1.807, 2.05) is 18.2 Å². The van der Waals surface area contributed by atoms with Crippen LogP contribution in [0.25, 0.3) is 0 Å². The summed E-state index contributed by atoms with van der Waals surface area (Å²) >= 11 is 5.63. The van der Waals surface area contributed by atoms with Gasteiger partial charge in [-0.25, -0.2) is 0 Å². The van der Waals surface area contributed by atoms with Crippen molar-refractivity contribution >= 4 is 17.2 Å². The topological polar surface area (TPSA) is 30.9 Å². The molecule has 1 heterocycles. The molecule has 1 aliphatic rings. The zero-order chi connectivity index (χ0) is 18.5. The SMILES string of the molecule is COc1cccc(CN2C(=S)CCC2Cc2ccc(OC)c(OC)c2)c1. The average Bonchev–Trinajstić information content (AvgIpc) is 3.01. The van der Waals surface area contributed by atoms with Crippen molar-refractivity contribution < 1.29 is 14.2 Å². The van der Waals surface area contributed by atoms with E-state index < -0.39 is 0 Å². The van der Waals surface area contributed by atoms with Gasteiger partial charge in [-0.2, -0.15) is 0 Å². The lowest BCUT2D eigenvalue weighted by Gasteiger charge is -2.27. The number of thiocarbonyl (C=S) groups is 1. The molecule has 1 saturated heterocycles. The Labute approximate surface area is 160 Å². The molecule has 4 nitrogen and oxygen atoms in total. The second-order valence-electron chi connectivity index (χ2n) is 6.46. The van der Waals surface area contributed by atoms with Crippen molar-refractivity contribution in [1.29, 1.82) is 0 Å². The molecule has 5 heteroatoms. The molecule has 0 saturated carbocycles. The van der Waals surface area contributed by atoms with Crippen LogP contribution in [0.5, 0.6) is 17.2 Å². The molecule has 1 unspecified atom stereocenters. The molecule has 2 aromatic carbocycles. The number of benzene rings is 2. The summed E-state index contributed by atoms with van der Waals surface area (Å²) in [5.74, 6) is 2.40. The van der Waals surface area contributed by atoms with Gasteiger partial charge < -0.3 is 19.1 Å². The Hall–Kier alpha value is -2.27. The number of nitrogens with zero attached hydrogens (tertiary/aromatic N) is 1. The maximum absolute atomic E-state index is 5.63. The van der Waals surface area contributed by atoms with Crippen LogP contribution >= 0.6 is 12.2 Å². The van der Waals surface area contributed by atoms with Crippen molar-refractivity contribution in [2.45, 2.75) is 31.8 Å².